The summed E-state index contributed by atoms with van der Waals surface area (Å²) in [6.45, 7) is 0. The SMILES string of the molecule is c1ccc(-c2cc(-c3cccc(-c4ccc(-c5nc(-c6cccc7ccccc67)cc(-c6cccc7ccccc67)n5)cc4)c3)c3c(ccc4ccccc43)n2)cc1.c1ccc(-c2cccc(-c3cc(-c4ccccc4)nc(-c4ccc(-c5cccc(-c6cc(-c7ccccc7)nc7ccc8ccccc8c67)c5)cc4)n3)c2)cc1. The Kier molecular flexibility index (Phi) is 17.9. The summed E-state index contributed by atoms with van der Waals surface area (Å²) in [6, 6.07) is 150. The number of rotatable bonds is 13. The van der Waals surface area contributed by atoms with Crippen LogP contribution in [-0.4, -0.2) is 29.9 Å². The molecule has 6 nitrogen and oxygen atoms in total. The third-order valence-electron chi connectivity index (χ3n) is 21.8. The molecule has 0 amide bonds. The Morgan fingerprint density at radius 3 is 0.825 bits per heavy atom. The molecule has 0 saturated heterocycles. The van der Waals surface area contributed by atoms with Crippen molar-refractivity contribution in [3.63, 3.8) is 0 Å². The summed E-state index contributed by atoms with van der Waals surface area (Å²) in [6.07, 6.45) is 0. The van der Waals surface area contributed by atoms with Crippen molar-refractivity contribution in [2.75, 3.05) is 0 Å². The largest absolute Gasteiger partial charge is 0.248 e. The fraction of sp³-hybridized carbons (Fsp3) is 0. The van der Waals surface area contributed by atoms with Crippen LogP contribution in [0.2, 0.25) is 0 Å². The fourth-order valence-electron chi connectivity index (χ4n) is 16.1. The van der Waals surface area contributed by atoms with Gasteiger partial charge in [-0.2, -0.15) is 0 Å². The third kappa shape index (κ3) is 13.5. The lowest BCUT2D eigenvalue weighted by Gasteiger charge is -2.14. The van der Waals surface area contributed by atoms with Gasteiger partial charge in [0.15, 0.2) is 11.6 Å². The molecular formula is C108H70N6. The van der Waals surface area contributed by atoms with Crippen molar-refractivity contribution in [3.8, 4) is 146 Å². The van der Waals surface area contributed by atoms with Gasteiger partial charge in [-0.15, -0.1) is 0 Å². The van der Waals surface area contributed by atoms with E-state index in [-0.39, 0.29) is 0 Å². The Morgan fingerprint density at radius 2 is 0.404 bits per heavy atom. The van der Waals surface area contributed by atoms with Gasteiger partial charge in [0.05, 0.1) is 45.2 Å². The number of aromatic nitrogens is 6. The number of hydrogen-bond donors (Lipinski definition) is 0. The van der Waals surface area contributed by atoms with Crippen LogP contribution in [0.25, 0.3) is 211 Å². The van der Waals surface area contributed by atoms with E-state index in [9.17, 15) is 0 Å². The minimum atomic E-state index is 0.690. The van der Waals surface area contributed by atoms with Gasteiger partial charge in [-0.3, -0.25) is 0 Å². The van der Waals surface area contributed by atoms with Gasteiger partial charge in [-0.05, 0) is 153 Å². The van der Waals surface area contributed by atoms with E-state index in [0.717, 1.165) is 139 Å². The lowest BCUT2D eigenvalue weighted by molar-refractivity contribution is 1.18. The molecule has 0 bridgehead atoms. The van der Waals surface area contributed by atoms with Gasteiger partial charge in [0, 0.05) is 55.3 Å². The highest BCUT2D eigenvalue weighted by Crippen LogP contribution is 2.43. The van der Waals surface area contributed by atoms with Gasteiger partial charge >= 0.3 is 0 Å². The Bertz CT molecular complexity index is 7080. The quantitative estimate of drug-likeness (QED) is 0.107. The van der Waals surface area contributed by atoms with E-state index in [2.05, 4.69) is 400 Å². The molecule has 6 heteroatoms. The highest BCUT2D eigenvalue weighted by atomic mass is 14.9. The van der Waals surface area contributed by atoms with E-state index in [4.69, 9.17) is 29.9 Å². The number of nitrogens with zero attached hydrogens (tertiary/aromatic N) is 6. The first-order valence-corrected chi connectivity index (χ1v) is 38.6. The number of pyridine rings is 2. The van der Waals surface area contributed by atoms with Crippen LogP contribution in [0.5, 0.6) is 0 Å². The molecule has 0 aliphatic rings. The molecule has 0 N–H and O–H groups in total. The summed E-state index contributed by atoms with van der Waals surface area (Å²) in [5.41, 5.74) is 27.3. The summed E-state index contributed by atoms with van der Waals surface area (Å²) < 4.78 is 0. The minimum Gasteiger partial charge on any atom is -0.248 e. The fourth-order valence-corrected chi connectivity index (χ4v) is 16.1. The molecule has 21 rings (SSSR count). The third-order valence-corrected chi connectivity index (χ3v) is 21.8. The maximum atomic E-state index is 5.26. The minimum absolute atomic E-state index is 0.690. The predicted molar refractivity (Wildman–Crippen MR) is 475 cm³/mol. The van der Waals surface area contributed by atoms with E-state index < -0.39 is 0 Å². The average Bonchev–Trinajstić information content (AvgIpc) is 0.738. The summed E-state index contributed by atoms with van der Waals surface area (Å²) in [5, 5.41) is 11.8. The second-order valence-corrected chi connectivity index (χ2v) is 28.8. The van der Waals surface area contributed by atoms with Crippen molar-refractivity contribution in [1.82, 2.24) is 29.9 Å². The molecule has 4 heterocycles. The van der Waals surface area contributed by atoms with Crippen LogP contribution in [0.3, 0.4) is 0 Å². The molecule has 0 aliphatic heterocycles. The zero-order chi connectivity index (χ0) is 75.7. The van der Waals surface area contributed by atoms with E-state index in [1.165, 1.54) is 59.8 Å². The van der Waals surface area contributed by atoms with Crippen molar-refractivity contribution in [2.45, 2.75) is 0 Å². The van der Waals surface area contributed by atoms with Crippen molar-refractivity contribution in [1.29, 1.82) is 0 Å². The lowest BCUT2D eigenvalue weighted by Crippen LogP contribution is -1.97. The number of benzene rings is 17. The Labute approximate surface area is 661 Å². The maximum Gasteiger partial charge on any atom is 0.160 e. The first-order valence-electron chi connectivity index (χ1n) is 38.6. The van der Waals surface area contributed by atoms with Gasteiger partial charge in [-0.25, -0.2) is 29.9 Å². The predicted octanol–water partition coefficient (Wildman–Crippen LogP) is 28.3. The zero-order valence-electron chi connectivity index (χ0n) is 62.1. The first-order chi connectivity index (χ1) is 56.5. The summed E-state index contributed by atoms with van der Waals surface area (Å²) >= 11 is 0. The first kappa shape index (κ1) is 68.1. The smallest absolute Gasteiger partial charge is 0.160 e. The molecule has 21 aromatic rings. The Morgan fingerprint density at radius 1 is 0.132 bits per heavy atom. The summed E-state index contributed by atoms with van der Waals surface area (Å²) in [7, 11) is 0. The monoisotopic (exact) mass is 1450 g/mol. The zero-order valence-corrected chi connectivity index (χ0v) is 62.1. The summed E-state index contributed by atoms with van der Waals surface area (Å²) in [4.78, 5) is 31.1. The maximum absolute atomic E-state index is 5.26. The molecule has 114 heavy (non-hydrogen) atoms. The molecule has 0 unspecified atom stereocenters. The Hall–Kier alpha value is -15.2. The lowest BCUT2D eigenvalue weighted by atomic mass is 9.92. The second kappa shape index (κ2) is 30.0. The van der Waals surface area contributed by atoms with Crippen LogP contribution >= 0.6 is 0 Å². The van der Waals surface area contributed by atoms with E-state index in [1.54, 1.807) is 0 Å². The normalized spacial score (nSPS) is 11.3. The molecule has 0 spiro atoms. The van der Waals surface area contributed by atoms with E-state index in [0.29, 0.717) is 11.6 Å². The molecule has 0 saturated carbocycles. The average molecular weight is 1450 g/mol. The number of hydrogen-bond acceptors (Lipinski definition) is 6. The van der Waals surface area contributed by atoms with Gasteiger partial charge in [0.1, 0.15) is 0 Å². The van der Waals surface area contributed by atoms with Gasteiger partial charge in [0.2, 0.25) is 0 Å². The van der Waals surface area contributed by atoms with Crippen LogP contribution < -0.4 is 0 Å². The van der Waals surface area contributed by atoms with Gasteiger partial charge in [-0.1, -0.05) is 370 Å². The molecular weight excluding hydrogens is 1380 g/mol. The highest BCUT2D eigenvalue weighted by Gasteiger charge is 2.20. The molecule has 0 radical (unpaired) electrons. The van der Waals surface area contributed by atoms with Crippen LogP contribution in [0.1, 0.15) is 0 Å². The van der Waals surface area contributed by atoms with Gasteiger partial charge in [0.25, 0.3) is 0 Å². The van der Waals surface area contributed by atoms with Crippen LogP contribution in [0, 0.1) is 0 Å². The molecule has 0 aliphatic carbocycles. The van der Waals surface area contributed by atoms with Crippen molar-refractivity contribution in [2.24, 2.45) is 0 Å². The molecule has 4 aromatic heterocycles. The second-order valence-electron chi connectivity index (χ2n) is 28.8. The molecule has 532 valence electrons. The Balaban J connectivity index is 0.000000148. The van der Waals surface area contributed by atoms with Crippen LogP contribution in [-0.2, 0) is 0 Å². The molecule has 17 aromatic carbocycles. The summed E-state index contributed by atoms with van der Waals surface area (Å²) in [5.74, 6) is 1.38. The highest BCUT2D eigenvalue weighted by molar-refractivity contribution is 6.15. The van der Waals surface area contributed by atoms with Crippen LogP contribution in [0.15, 0.2) is 425 Å². The van der Waals surface area contributed by atoms with Crippen molar-refractivity contribution in [3.05, 3.63) is 425 Å². The van der Waals surface area contributed by atoms with Crippen molar-refractivity contribution >= 4 is 64.9 Å². The van der Waals surface area contributed by atoms with Crippen LogP contribution in [0.4, 0.5) is 0 Å². The standard InChI is InChI=1S/C55H35N3.C53H35N3/c1-2-16-40(17-3-1)51-34-49(54-46-24-9-6-15-39(46)31-32-50(54)56-51)43-21-10-20-42(33-43)36-27-29-41(30-28-36)55-57-52(47-25-11-18-37-13-4-7-22-44(37)47)35-53(58-55)48-26-12-19-38-14-5-8-23-45(38)48;1-4-14-36(15-5-1)43-22-13-24-45(33-43)51-35-50(40-19-8-3-9-20-40)55-53(56-51)41-28-26-37(27-29-41)42-21-12-23-44(32-42)47-34-49(39-17-6-2-7-18-39)54-48-31-30-38-16-10-11-25-46(38)52(47)48/h1-35H;1-35H. The number of fused-ring (bicyclic) bond motifs is 8. The molecule has 0 atom stereocenters. The topological polar surface area (TPSA) is 77.3 Å². The van der Waals surface area contributed by atoms with Crippen molar-refractivity contribution < 1.29 is 0 Å². The van der Waals surface area contributed by atoms with Gasteiger partial charge < -0.3 is 0 Å². The van der Waals surface area contributed by atoms with E-state index in [1.807, 2.05) is 24.3 Å². The molecule has 0 fully saturated rings. The van der Waals surface area contributed by atoms with E-state index >= 15 is 0 Å².